The van der Waals surface area contributed by atoms with E-state index in [1.54, 1.807) is 28.4 Å². The van der Waals surface area contributed by atoms with Gasteiger partial charge in [0.05, 0.1) is 34.5 Å². The number of hydrogen-bond acceptors (Lipinski definition) is 5. The molecule has 0 bridgehead atoms. The molecule has 0 aliphatic carbocycles. The van der Waals surface area contributed by atoms with Gasteiger partial charge in [-0.1, -0.05) is 23.8 Å². The molecular weight excluding hydrogens is 418 g/mol. The number of amides is 1. The highest BCUT2D eigenvalue weighted by Crippen LogP contribution is 2.43. The predicted molar refractivity (Wildman–Crippen MR) is 127 cm³/mol. The van der Waals surface area contributed by atoms with E-state index in [2.05, 4.69) is 0 Å². The highest BCUT2D eigenvalue weighted by molar-refractivity contribution is 5.95. The molecule has 33 heavy (non-hydrogen) atoms. The Bertz CT molecular complexity index is 1160. The molecule has 1 heterocycles. The summed E-state index contributed by atoms with van der Waals surface area (Å²) in [5.74, 6) is 2.55. The zero-order valence-electron chi connectivity index (χ0n) is 19.7. The summed E-state index contributed by atoms with van der Waals surface area (Å²) in [7, 11) is 6.47. The lowest BCUT2D eigenvalue weighted by Gasteiger charge is -2.38. The molecule has 0 aromatic heterocycles. The molecule has 1 atom stereocenters. The Morgan fingerprint density at radius 1 is 0.788 bits per heavy atom. The normalized spacial score (nSPS) is 14.9. The van der Waals surface area contributed by atoms with Crippen LogP contribution in [0.4, 0.5) is 0 Å². The van der Waals surface area contributed by atoms with Crippen molar-refractivity contribution in [3.05, 3.63) is 82.4 Å². The third kappa shape index (κ3) is 4.21. The summed E-state index contributed by atoms with van der Waals surface area (Å²) in [6.07, 6.45) is 0.719. The third-order valence-electron chi connectivity index (χ3n) is 6.16. The van der Waals surface area contributed by atoms with Crippen molar-refractivity contribution in [2.75, 3.05) is 35.0 Å². The van der Waals surface area contributed by atoms with E-state index in [0.717, 1.165) is 28.7 Å². The molecule has 1 aliphatic rings. The summed E-state index contributed by atoms with van der Waals surface area (Å²) in [5, 5.41) is 0. The number of methoxy groups -OCH3 is 4. The quantitative estimate of drug-likeness (QED) is 0.542. The van der Waals surface area contributed by atoms with Gasteiger partial charge in [-0.25, -0.2) is 0 Å². The van der Waals surface area contributed by atoms with Gasteiger partial charge in [0.15, 0.2) is 23.0 Å². The predicted octanol–water partition coefficient (Wildman–Crippen LogP) is 4.82. The topological polar surface area (TPSA) is 57.2 Å². The van der Waals surface area contributed by atoms with Crippen LogP contribution in [0.15, 0.2) is 54.6 Å². The first-order chi connectivity index (χ1) is 16.0. The molecule has 0 radical (unpaired) electrons. The van der Waals surface area contributed by atoms with Gasteiger partial charge in [-0.15, -0.1) is 0 Å². The molecule has 3 aromatic carbocycles. The van der Waals surface area contributed by atoms with Crippen LogP contribution in [0.1, 0.15) is 38.7 Å². The van der Waals surface area contributed by atoms with Gasteiger partial charge in [-0.05, 0) is 66.4 Å². The number of ether oxygens (including phenoxy) is 4. The molecule has 1 aliphatic heterocycles. The third-order valence-corrected chi connectivity index (χ3v) is 6.16. The molecule has 0 saturated carbocycles. The molecule has 0 fully saturated rings. The van der Waals surface area contributed by atoms with Crippen molar-refractivity contribution in [2.24, 2.45) is 0 Å². The molecule has 0 N–H and O–H groups in total. The van der Waals surface area contributed by atoms with Crippen molar-refractivity contribution < 1.29 is 23.7 Å². The number of carbonyl (C=O) groups is 1. The van der Waals surface area contributed by atoms with Gasteiger partial charge in [-0.2, -0.15) is 0 Å². The average Bonchev–Trinajstić information content (AvgIpc) is 2.86. The summed E-state index contributed by atoms with van der Waals surface area (Å²) < 4.78 is 22.1. The molecule has 6 nitrogen and oxygen atoms in total. The number of hydrogen-bond donors (Lipinski definition) is 0. The number of carbonyl (C=O) groups excluding carboxylic acids is 1. The van der Waals surface area contributed by atoms with Gasteiger partial charge in [-0.3, -0.25) is 4.79 Å². The monoisotopic (exact) mass is 447 g/mol. The van der Waals surface area contributed by atoms with Gasteiger partial charge in [0, 0.05) is 12.1 Å². The van der Waals surface area contributed by atoms with Crippen LogP contribution in [-0.4, -0.2) is 45.8 Å². The minimum Gasteiger partial charge on any atom is -0.493 e. The van der Waals surface area contributed by atoms with Crippen LogP contribution in [-0.2, 0) is 6.42 Å². The zero-order valence-corrected chi connectivity index (χ0v) is 19.7. The largest absolute Gasteiger partial charge is 0.493 e. The fourth-order valence-electron chi connectivity index (χ4n) is 4.41. The lowest BCUT2D eigenvalue weighted by molar-refractivity contribution is 0.0694. The fraction of sp³-hybridized carbons (Fsp3) is 0.296. The van der Waals surface area contributed by atoms with E-state index in [-0.39, 0.29) is 11.9 Å². The van der Waals surface area contributed by atoms with Crippen molar-refractivity contribution in [3.8, 4) is 23.0 Å². The number of nitrogens with zero attached hydrogens (tertiary/aromatic N) is 1. The SMILES string of the molecule is COc1ccc(C2c3cc(OC)c(OC)cc3CCN2C(=O)c2ccc(C)cc2)cc1OC. The number of fused-ring (bicyclic) bond motifs is 1. The second kappa shape index (κ2) is 9.45. The summed E-state index contributed by atoms with van der Waals surface area (Å²) in [5.41, 5.74) is 4.84. The van der Waals surface area contributed by atoms with Crippen molar-refractivity contribution in [2.45, 2.75) is 19.4 Å². The first kappa shape index (κ1) is 22.5. The van der Waals surface area contributed by atoms with Crippen LogP contribution in [0.3, 0.4) is 0 Å². The average molecular weight is 448 g/mol. The second-order valence-electron chi connectivity index (χ2n) is 8.04. The van der Waals surface area contributed by atoms with E-state index in [0.29, 0.717) is 35.1 Å². The number of aryl methyl sites for hydroxylation is 1. The molecule has 1 amide bonds. The second-order valence-corrected chi connectivity index (χ2v) is 8.04. The van der Waals surface area contributed by atoms with E-state index in [1.807, 2.05) is 66.4 Å². The minimum absolute atomic E-state index is 0.0183. The Morgan fingerprint density at radius 3 is 2.03 bits per heavy atom. The smallest absolute Gasteiger partial charge is 0.254 e. The Kier molecular flexibility index (Phi) is 6.45. The van der Waals surface area contributed by atoms with Crippen LogP contribution in [0.5, 0.6) is 23.0 Å². The molecule has 3 aromatic rings. The van der Waals surface area contributed by atoms with Crippen LogP contribution < -0.4 is 18.9 Å². The highest BCUT2D eigenvalue weighted by Gasteiger charge is 2.34. The first-order valence-corrected chi connectivity index (χ1v) is 10.8. The lowest BCUT2D eigenvalue weighted by atomic mass is 9.87. The summed E-state index contributed by atoms with van der Waals surface area (Å²) in [6.45, 7) is 2.59. The summed E-state index contributed by atoms with van der Waals surface area (Å²) >= 11 is 0. The lowest BCUT2D eigenvalue weighted by Crippen LogP contribution is -2.40. The van der Waals surface area contributed by atoms with Crippen LogP contribution in [0.25, 0.3) is 0 Å². The van der Waals surface area contributed by atoms with E-state index in [1.165, 1.54) is 0 Å². The van der Waals surface area contributed by atoms with E-state index < -0.39 is 0 Å². The molecule has 0 saturated heterocycles. The first-order valence-electron chi connectivity index (χ1n) is 10.8. The van der Waals surface area contributed by atoms with Crippen molar-refractivity contribution in [3.63, 3.8) is 0 Å². The van der Waals surface area contributed by atoms with E-state index in [9.17, 15) is 4.79 Å². The standard InChI is InChI=1S/C27H29NO5/c1-17-6-8-18(9-7-17)27(29)28-13-12-19-14-24(32-4)25(33-5)16-21(19)26(28)20-10-11-22(30-2)23(15-20)31-3/h6-11,14-16,26H,12-13H2,1-5H3. The molecule has 0 spiro atoms. The zero-order chi connectivity index (χ0) is 23.5. The fourth-order valence-corrected chi connectivity index (χ4v) is 4.41. The van der Waals surface area contributed by atoms with E-state index >= 15 is 0 Å². The Labute approximate surface area is 194 Å². The van der Waals surface area contributed by atoms with Gasteiger partial charge >= 0.3 is 0 Å². The molecule has 1 unspecified atom stereocenters. The maximum Gasteiger partial charge on any atom is 0.254 e. The van der Waals surface area contributed by atoms with Gasteiger partial charge in [0.2, 0.25) is 0 Å². The van der Waals surface area contributed by atoms with Gasteiger partial charge < -0.3 is 23.8 Å². The van der Waals surface area contributed by atoms with Crippen LogP contribution >= 0.6 is 0 Å². The van der Waals surface area contributed by atoms with Gasteiger partial charge in [0.25, 0.3) is 5.91 Å². The Morgan fingerprint density at radius 2 is 1.39 bits per heavy atom. The maximum absolute atomic E-state index is 13.7. The van der Waals surface area contributed by atoms with Crippen molar-refractivity contribution in [1.82, 2.24) is 4.90 Å². The van der Waals surface area contributed by atoms with Crippen LogP contribution in [0, 0.1) is 6.92 Å². The van der Waals surface area contributed by atoms with Crippen LogP contribution in [0.2, 0.25) is 0 Å². The summed E-state index contributed by atoms with van der Waals surface area (Å²) in [6, 6.07) is 17.1. The molecule has 172 valence electrons. The Hall–Kier alpha value is -3.67. The number of rotatable bonds is 6. The molecule has 4 rings (SSSR count). The number of benzene rings is 3. The van der Waals surface area contributed by atoms with Crippen molar-refractivity contribution in [1.29, 1.82) is 0 Å². The summed E-state index contributed by atoms with van der Waals surface area (Å²) in [4.78, 5) is 15.6. The Balaban J connectivity index is 1.87. The van der Waals surface area contributed by atoms with Crippen molar-refractivity contribution >= 4 is 5.91 Å². The molecular formula is C27H29NO5. The minimum atomic E-state index is -0.317. The maximum atomic E-state index is 13.7. The van der Waals surface area contributed by atoms with E-state index in [4.69, 9.17) is 18.9 Å². The van der Waals surface area contributed by atoms with Gasteiger partial charge in [0.1, 0.15) is 0 Å². The highest BCUT2D eigenvalue weighted by atomic mass is 16.5. The molecule has 6 heteroatoms.